The lowest BCUT2D eigenvalue weighted by atomic mass is 10.3. The maximum atomic E-state index is 5.75. The lowest BCUT2D eigenvalue weighted by Crippen LogP contribution is -2.14. The molecule has 0 saturated carbocycles. The van der Waals surface area contributed by atoms with Crippen molar-refractivity contribution in [2.75, 3.05) is 19.1 Å². The summed E-state index contributed by atoms with van der Waals surface area (Å²) in [5.41, 5.74) is 0.804. The van der Waals surface area contributed by atoms with Gasteiger partial charge < -0.3 is 9.64 Å². The Morgan fingerprint density at radius 3 is 2.28 bits per heavy atom. The molecular formula is C11H10Cl2N4O. The summed E-state index contributed by atoms with van der Waals surface area (Å²) < 4.78 is 5.27. The summed E-state index contributed by atoms with van der Waals surface area (Å²) in [5.74, 6) is 1.05. The summed E-state index contributed by atoms with van der Waals surface area (Å²) in [6.07, 6.45) is 0. The van der Waals surface area contributed by atoms with Gasteiger partial charge >= 0.3 is 0 Å². The minimum atomic E-state index is 0.0479. The quantitative estimate of drug-likeness (QED) is 0.867. The van der Waals surface area contributed by atoms with Crippen molar-refractivity contribution in [3.63, 3.8) is 0 Å². The summed E-state index contributed by atoms with van der Waals surface area (Å²) in [6, 6.07) is 7.49. The van der Waals surface area contributed by atoms with Gasteiger partial charge in [0.05, 0.1) is 12.8 Å². The van der Waals surface area contributed by atoms with Crippen LogP contribution in [0.1, 0.15) is 0 Å². The standard InChI is InChI=1S/C11H10Cl2N4O/c1-17(7-5-3-4-6-8(7)18-2)11-15-9(12)14-10(13)16-11/h3-6H,1-2H3. The molecule has 0 unspecified atom stereocenters. The van der Waals surface area contributed by atoms with Crippen LogP contribution in [0, 0.1) is 0 Å². The van der Waals surface area contributed by atoms with E-state index in [9.17, 15) is 0 Å². The third kappa shape index (κ3) is 2.63. The van der Waals surface area contributed by atoms with E-state index in [1.807, 2.05) is 24.3 Å². The molecule has 0 aliphatic rings. The second kappa shape index (κ2) is 5.37. The molecule has 1 heterocycles. The molecule has 5 nitrogen and oxygen atoms in total. The van der Waals surface area contributed by atoms with Crippen molar-refractivity contribution in [3.05, 3.63) is 34.8 Å². The molecule has 1 aromatic carbocycles. The maximum absolute atomic E-state index is 5.75. The highest BCUT2D eigenvalue weighted by molar-refractivity contribution is 6.31. The largest absolute Gasteiger partial charge is 0.495 e. The van der Waals surface area contributed by atoms with E-state index in [2.05, 4.69) is 15.0 Å². The van der Waals surface area contributed by atoms with Crippen LogP contribution in [0.25, 0.3) is 0 Å². The molecule has 0 bridgehead atoms. The van der Waals surface area contributed by atoms with Gasteiger partial charge in [0.1, 0.15) is 5.75 Å². The Kier molecular flexibility index (Phi) is 3.84. The fraction of sp³-hybridized carbons (Fsp3) is 0.182. The lowest BCUT2D eigenvalue weighted by molar-refractivity contribution is 0.415. The Morgan fingerprint density at radius 2 is 1.67 bits per heavy atom. The zero-order chi connectivity index (χ0) is 13.1. The minimum absolute atomic E-state index is 0.0479. The van der Waals surface area contributed by atoms with E-state index in [0.29, 0.717) is 11.7 Å². The monoisotopic (exact) mass is 284 g/mol. The smallest absolute Gasteiger partial charge is 0.235 e. The Bertz CT molecular complexity index is 544. The van der Waals surface area contributed by atoms with Gasteiger partial charge in [-0.2, -0.15) is 15.0 Å². The first kappa shape index (κ1) is 12.9. The fourth-order valence-electron chi connectivity index (χ4n) is 1.48. The average Bonchev–Trinajstić information content (AvgIpc) is 2.36. The Balaban J connectivity index is 2.44. The van der Waals surface area contributed by atoms with Crippen molar-refractivity contribution in [3.8, 4) is 5.75 Å². The number of ether oxygens (including phenoxy) is 1. The number of rotatable bonds is 3. The van der Waals surface area contributed by atoms with Crippen molar-refractivity contribution in [1.82, 2.24) is 15.0 Å². The molecule has 0 aliphatic heterocycles. The molecule has 0 fully saturated rings. The van der Waals surface area contributed by atoms with Gasteiger partial charge in [0.15, 0.2) is 0 Å². The zero-order valence-corrected chi connectivity index (χ0v) is 11.3. The second-order valence-electron chi connectivity index (χ2n) is 3.40. The summed E-state index contributed by atoms with van der Waals surface area (Å²) in [6.45, 7) is 0. The van der Waals surface area contributed by atoms with E-state index in [-0.39, 0.29) is 10.6 Å². The van der Waals surface area contributed by atoms with Crippen LogP contribution in [-0.2, 0) is 0 Å². The molecule has 0 aliphatic carbocycles. The molecule has 0 radical (unpaired) electrons. The van der Waals surface area contributed by atoms with E-state index in [0.717, 1.165) is 5.69 Å². The first-order chi connectivity index (χ1) is 8.61. The predicted molar refractivity (Wildman–Crippen MR) is 70.9 cm³/mol. The van der Waals surface area contributed by atoms with E-state index in [1.54, 1.807) is 19.1 Å². The van der Waals surface area contributed by atoms with Crippen molar-refractivity contribution in [2.45, 2.75) is 0 Å². The number of anilines is 2. The van der Waals surface area contributed by atoms with Crippen molar-refractivity contribution in [1.29, 1.82) is 0 Å². The van der Waals surface area contributed by atoms with E-state index in [1.165, 1.54) is 0 Å². The van der Waals surface area contributed by atoms with Gasteiger partial charge in [-0.3, -0.25) is 0 Å². The molecule has 18 heavy (non-hydrogen) atoms. The van der Waals surface area contributed by atoms with Gasteiger partial charge in [-0.25, -0.2) is 0 Å². The SMILES string of the molecule is COc1ccccc1N(C)c1nc(Cl)nc(Cl)n1. The number of methoxy groups -OCH3 is 1. The van der Waals surface area contributed by atoms with Gasteiger partial charge in [-0.1, -0.05) is 12.1 Å². The van der Waals surface area contributed by atoms with Crippen molar-refractivity contribution >= 4 is 34.8 Å². The van der Waals surface area contributed by atoms with Crippen LogP contribution in [0.15, 0.2) is 24.3 Å². The molecule has 0 saturated heterocycles. The predicted octanol–water partition coefficient (Wildman–Crippen LogP) is 2.95. The fourth-order valence-corrected chi connectivity index (χ4v) is 1.84. The van der Waals surface area contributed by atoms with Gasteiger partial charge in [-0.05, 0) is 35.3 Å². The molecule has 94 valence electrons. The molecule has 0 spiro atoms. The molecule has 2 rings (SSSR count). The van der Waals surface area contributed by atoms with Crippen LogP contribution in [-0.4, -0.2) is 29.1 Å². The van der Waals surface area contributed by atoms with Crippen LogP contribution in [0.2, 0.25) is 10.6 Å². The third-order valence-electron chi connectivity index (χ3n) is 2.32. The molecule has 1 aromatic heterocycles. The topological polar surface area (TPSA) is 51.1 Å². The first-order valence-electron chi connectivity index (χ1n) is 5.05. The Morgan fingerprint density at radius 1 is 1.06 bits per heavy atom. The molecule has 7 heteroatoms. The first-order valence-corrected chi connectivity index (χ1v) is 5.81. The van der Waals surface area contributed by atoms with Crippen LogP contribution in [0.4, 0.5) is 11.6 Å². The average molecular weight is 285 g/mol. The minimum Gasteiger partial charge on any atom is -0.495 e. The normalized spacial score (nSPS) is 10.2. The number of para-hydroxylation sites is 2. The number of hydrogen-bond donors (Lipinski definition) is 0. The summed E-state index contributed by atoms with van der Waals surface area (Å²) >= 11 is 11.5. The highest BCUT2D eigenvalue weighted by Crippen LogP contribution is 2.30. The Labute approximate surface area is 114 Å². The third-order valence-corrected chi connectivity index (χ3v) is 2.65. The van der Waals surface area contributed by atoms with Gasteiger partial charge in [0, 0.05) is 7.05 Å². The number of hydrogen-bond acceptors (Lipinski definition) is 5. The molecular weight excluding hydrogens is 275 g/mol. The number of aromatic nitrogens is 3. The van der Waals surface area contributed by atoms with Crippen molar-refractivity contribution < 1.29 is 4.74 Å². The zero-order valence-electron chi connectivity index (χ0n) is 9.76. The number of nitrogens with zero attached hydrogens (tertiary/aromatic N) is 4. The van der Waals surface area contributed by atoms with E-state index >= 15 is 0 Å². The van der Waals surface area contributed by atoms with E-state index < -0.39 is 0 Å². The van der Waals surface area contributed by atoms with Crippen LogP contribution in [0.5, 0.6) is 5.75 Å². The summed E-state index contributed by atoms with van der Waals surface area (Å²) in [4.78, 5) is 13.5. The van der Waals surface area contributed by atoms with E-state index in [4.69, 9.17) is 27.9 Å². The maximum Gasteiger partial charge on any atom is 0.235 e. The molecule has 2 aromatic rings. The Hall–Kier alpha value is -1.59. The van der Waals surface area contributed by atoms with Gasteiger partial charge in [0.25, 0.3) is 0 Å². The summed E-state index contributed by atoms with van der Waals surface area (Å²) in [7, 11) is 3.39. The summed E-state index contributed by atoms with van der Waals surface area (Å²) in [5, 5.41) is 0.0958. The highest BCUT2D eigenvalue weighted by Gasteiger charge is 2.13. The molecule has 0 amide bonds. The second-order valence-corrected chi connectivity index (χ2v) is 4.08. The number of benzene rings is 1. The molecule has 0 atom stereocenters. The van der Waals surface area contributed by atoms with Crippen LogP contribution in [0.3, 0.4) is 0 Å². The van der Waals surface area contributed by atoms with Crippen LogP contribution >= 0.6 is 23.2 Å². The van der Waals surface area contributed by atoms with Gasteiger partial charge in [0.2, 0.25) is 16.5 Å². The van der Waals surface area contributed by atoms with Gasteiger partial charge in [-0.15, -0.1) is 0 Å². The highest BCUT2D eigenvalue weighted by atomic mass is 35.5. The molecule has 0 N–H and O–H groups in total. The van der Waals surface area contributed by atoms with Crippen molar-refractivity contribution in [2.24, 2.45) is 0 Å². The van der Waals surface area contributed by atoms with Crippen LogP contribution < -0.4 is 9.64 Å². The number of halogens is 2. The lowest BCUT2D eigenvalue weighted by Gasteiger charge is -2.19.